The van der Waals surface area contributed by atoms with Crippen molar-refractivity contribution in [2.45, 2.75) is 32.9 Å². The van der Waals surface area contributed by atoms with Gasteiger partial charge in [-0.1, -0.05) is 30.3 Å². The summed E-state index contributed by atoms with van der Waals surface area (Å²) in [4.78, 5) is 26.4. The van der Waals surface area contributed by atoms with Crippen molar-refractivity contribution in [2.75, 3.05) is 12.3 Å². The number of benzene rings is 2. The summed E-state index contributed by atoms with van der Waals surface area (Å²) in [5.41, 5.74) is 10.2. The molecule has 0 saturated carbocycles. The Hall–Kier alpha value is -2.53. The largest absolute Gasteiger partial charge is 0.399 e. The van der Waals surface area contributed by atoms with E-state index < -0.39 is 0 Å². The lowest BCUT2D eigenvalue weighted by Gasteiger charge is -2.15. The summed E-state index contributed by atoms with van der Waals surface area (Å²) in [5.74, 6) is -0.0172. The molecule has 5 nitrogen and oxygen atoms in total. The van der Waals surface area contributed by atoms with E-state index in [9.17, 15) is 9.59 Å². The van der Waals surface area contributed by atoms with E-state index >= 15 is 0 Å². The maximum Gasteiger partial charge on any atom is 0.251 e. The number of nitrogens with two attached hydrogens (primary N) is 1. The van der Waals surface area contributed by atoms with Crippen molar-refractivity contribution < 1.29 is 9.59 Å². The third kappa shape index (κ3) is 4.55. The predicted molar refractivity (Wildman–Crippen MR) is 105 cm³/mol. The number of rotatable bonds is 5. The number of nitrogens with one attached hydrogen (secondary N) is 1. The molecular formula is C20H24ClN3O2. The van der Waals surface area contributed by atoms with Gasteiger partial charge in [-0.15, -0.1) is 12.4 Å². The van der Waals surface area contributed by atoms with Crippen LogP contribution in [0.3, 0.4) is 0 Å². The lowest BCUT2D eigenvalue weighted by molar-refractivity contribution is -0.131. The second kappa shape index (κ2) is 8.72. The van der Waals surface area contributed by atoms with Crippen LogP contribution in [0.25, 0.3) is 0 Å². The molecule has 2 amide bonds. The van der Waals surface area contributed by atoms with Crippen molar-refractivity contribution >= 4 is 29.9 Å². The van der Waals surface area contributed by atoms with Crippen LogP contribution in [0.2, 0.25) is 0 Å². The maximum atomic E-state index is 12.3. The smallest absolute Gasteiger partial charge is 0.251 e. The molecule has 26 heavy (non-hydrogen) atoms. The lowest BCUT2D eigenvalue weighted by Crippen LogP contribution is -2.28. The van der Waals surface area contributed by atoms with Crippen LogP contribution in [0.4, 0.5) is 5.69 Å². The van der Waals surface area contributed by atoms with Crippen LogP contribution in [0.15, 0.2) is 42.5 Å². The van der Waals surface area contributed by atoms with E-state index in [0.717, 1.165) is 5.56 Å². The molecule has 3 N–H and O–H groups in total. The topological polar surface area (TPSA) is 75.4 Å². The Morgan fingerprint density at radius 1 is 1.12 bits per heavy atom. The quantitative estimate of drug-likeness (QED) is 0.624. The molecule has 2 aromatic rings. The zero-order valence-corrected chi connectivity index (χ0v) is 15.6. The molecule has 2 aromatic carbocycles. The Balaban J connectivity index is 0.00000243. The number of carbonyl (C=O) groups is 2. The van der Waals surface area contributed by atoms with Crippen molar-refractivity contribution in [1.82, 2.24) is 10.2 Å². The fourth-order valence-corrected chi connectivity index (χ4v) is 3.09. The van der Waals surface area contributed by atoms with Crippen molar-refractivity contribution in [1.29, 1.82) is 0 Å². The molecule has 1 aliphatic heterocycles. The molecular weight excluding hydrogens is 350 g/mol. The molecule has 0 atom stereocenters. The second-order valence-corrected chi connectivity index (χ2v) is 6.45. The first kappa shape index (κ1) is 19.8. The van der Waals surface area contributed by atoms with Gasteiger partial charge in [0.2, 0.25) is 5.91 Å². The fourth-order valence-electron chi connectivity index (χ4n) is 3.09. The molecule has 3 rings (SSSR count). The number of aryl methyl sites for hydroxylation is 1. The predicted octanol–water partition coefficient (Wildman–Crippen LogP) is 3.05. The molecule has 0 aromatic heterocycles. The highest BCUT2D eigenvalue weighted by Gasteiger charge is 2.22. The first-order valence-electron chi connectivity index (χ1n) is 8.53. The molecule has 0 bridgehead atoms. The minimum absolute atomic E-state index is 0. The monoisotopic (exact) mass is 373 g/mol. The van der Waals surface area contributed by atoms with E-state index in [4.69, 9.17) is 5.73 Å². The van der Waals surface area contributed by atoms with E-state index in [1.807, 2.05) is 30.0 Å². The first-order valence-corrected chi connectivity index (χ1v) is 8.53. The Labute approximate surface area is 160 Å². The number of carbonyl (C=O) groups excluding carboxylic acids is 2. The van der Waals surface area contributed by atoms with Gasteiger partial charge in [0.25, 0.3) is 5.91 Å². The molecule has 0 radical (unpaired) electrons. The number of nitrogens with zero attached hydrogens (tertiary/aromatic N) is 1. The zero-order valence-electron chi connectivity index (χ0n) is 14.8. The van der Waals surface area contributed by atoms with Gasteiger partial charge in [-0.2, -0.15) is 0 Å². The summed E-state index contributed by atoms with van der Waals surface area (Å²) in [5, 5.41) is 2.86. The minimum Gasteiger partial charge on any atom is -0.399 e. The lowest BCUT2D eigenvalue weighted by atomic mass is 10.1. The van der Waals surface area contributed by atoms with Gasteiger partial charge in [-0.05, 0) is 42.2 Å². The average molecular weight is 374 g/mol. The molecule has 0 saturated heterocycles. The summed E-state index contributed by atoms with van der Waals surface area (Å²) in [6.07, 6.45) is 1.06. The van der Waals surface area contributed by atoms with Gasteiger partial charge >= 0.3 is 0 Å². The number of halogens is 1. The Morgan fingerprint density at radius 2 is 1.77 bits per heavy atom. The van der Waals surface area contributed by atoms with Crippen LogP contribution in [0.5, 0.6) is 0 Å². The first-order chi connectivity index (χ1) is 12.0. The van der Waals surface area contributed by atoms with Gasteiger partial charge in [0, 0.05) is 37.3 Å². The molecule has 0 fully saturated rings. The highest BCUT2D eigenvalue weighted by Crippen LogP contribution is 2.22. The minimum atomic E-state index is -0.147. The molecule has 0 unspecified atom stereocenters. The van der Waals surface area contributed by atoms with Gasteiger partial charge in [-0.25, -0.2) is 0 Å². The molecule has 1 aliphatic rings. The summed E-state index contributed by atoms with van der Waals surface area (Å²) < 4.78 is 0. The Bertz CT molecular complexity index is 782. The maximum absolute atomic E-state index is 12.3. The molecule has 0 spiro atoms. The highest BCUT2D eigenvalue weighted by molar-refractivity contribution is 5.96. The fraction of sp³-hybridized carbons (Fsp3) is 0.300. The Kier molecular flexibility index (Phi) is 6.64. The van der Waals surface area contributed by atoms with Gasteiger partial charge in [0.1, 0.15) is 0 Å². The van der Waals surface area contributed by atoms with Crippen LogP contribution in [0, 0.1) is 6.92 Å². The number of anilines is 1. The number of amides is 2. The van der Waals surface area contributed by atoms with Crippen molar-refractivity contribution in [3.05, 3.63) is 64.7 Å². The normalized spacial score (nSPS) is 12.3. The average Bonchev–Trinajstić information content (AvgIpc) is 3.04. The van der Waals surface area contributed by atoms with Crippen LogP contribution in [0.1, 0.15) is 39.9 Å². The molecule has 0 aliphatic carbocycles. The zero-order chi connectivity index (χ0) is 17.8. The highest BCUT2D eigenvalue weighted by atomic mass is 35.5. The van der Waals surface area contributed by atoms with E-state index in [0.29, 0.717) is 43.7 Å². The third-order valence-electron chi connectivity index (χ3n) is 4.55. The van der Waals surface area contributed by atoms with Crippen molar-refractivity contribution in [2.24, 2.45) is 0 Å². The van der Waals surface area contributed by atoms with E-state index in [-0.39, 0.29) is 24.2 Å². The molecule has 138 valence electrons. The van der Waals surface area contributed by atoms with Crippen LogP contribution in [-0.2, 0) is 17.9 Å². The van der Waals surface area contributed by atoms with Crippen LogP contribution in [-0.4, -0.2) is 23.3 Å². The summed E-state index contributed by atoms with van der Waals surface area (Å²) >= 11 is 0. The van der Waals surface area contributed by atoms with Gasteiger partial charge < -0.3 is 16.0 Å². The van der Waals surface area contributed by atoms with Gasteiger partial charge in [0.15, 0.2) is 0 Å². The second-order valence-electron chi connectivity index (χ2n) is 6.45. The van der Waals surface area contributed by atoms with Crippen molar-refractivity contribution in [3.63, 3.8) is 0 Å². The van der Waals surface area contributed by atoms with Crippen LogP contribution >= 0.6 is 12.4 Å². The summed E-state index contributed by atoms with van der Waals surface area (Å²) in [6.45, 7) is 3.72. The van der Waals surface area contributed by atoms with Gasteiger partial charge in [0.05, 0.1) is 0 Å². The molecule has 1 heterocycles. The SMILES string of the molecule is Cc1ccc(N)cc1C(=O)NCCCC(=O)N1Cc2ccccc2C1.Cl. The Morgan fingerprint density at radius 3 is 2.42 bits per heavy atom. The number of fused-ring (bicyclic) bond motifs is 1. The van der Waals surface area contributed by atoms with E-state index in [2.05, 4.69) is 17.4 Å². The van der Waals surface area contributed by atoms with E-state index in [1.54, 1.807) is 12.1 Å². The summed E-state index contributed by atoms with van der Waals surface area (Å²) in [6, 6.07) is 13.4. The van der Waals surface area contributed by atoms with Crippen molar-refractivity contribution in [3.8, 4) is 0 Å². The summed E-state index contributed by atoms with van der Waals surface area (Å²) in [7, 11) is 0. The number of hydrogen-bond acceptors (Lipinski definition) is 3. The van der Waals surface area contributed by atoms with Gasteiger partial charge in [-0.3, -0.25) is 9.59 Å². The van der Waals surface area contributed by atoms with E-state index in [1.165, 1.54) is 11.1 Å². The number of nitrogen functional groups attached to an aromatic ring is 1. The third-order valence-corrected chi connectivity index (χ3v) is 4.55. The number of hydrogen-bond donors (Lipinski definition) is 2. The molecule has 6 heteroatoms. The van der Waals surface area contributed by atoms with Crippen LogP contribution < -0.4 is 11.1 Å². The standard InChI is InChI=1S/C20H23N3O2.ClH/c1-14-8-9-17(21)11-18(14)20(25)22-10-4-7-19(24)23-12-15-5-2-3-6-16(15)13-23;/h2-3,5-6,8-9,11H,4,7,10,12-13,21H2,1H3,(H,22,25);1H.